The van der Waals surface area contributed by atoms with E-state index in [9.17, 15) is 61.3 Å². The van der Waals surface area contributed by atoms with Crippen molar-refractivity contribution in [3.8, 4) is 22.9 Å². The summed E-state index contributed by atoms with van der Waals surface area (Å²) < 4.78 is 121. The quantitative estimate of drug-likeness (QED) is 0.0662. The Morgan fingerprint density at radius 3 is 1.46 bits per heavy atom. The number of hydrogen-bond acceptors (Lipinski definition) is 24. The number of rotatable bonds is 39. The molecular formula is C58H79ClF3InN8O18S. The molecule has 0 spiro atoms. The Hall–Kier alpha value is -5.02. The summed E-state index contributed by atoms with van der Waals surface area (Å²) >= 11 is 6.66. The van der Waals surface area contributed by atoms with Crippen molar-refractivity contribution in [3.63, 3.8) is 0 Å². The molecule has 90 heavy (non-hydrogen) atoms. The first-order valence-corrected chi connectivity index (χ1v) is 30.8. The smallest absolute Gasteiger partial charge is 0.549 e. The van der Waals surface area contributed by atoms with Crippen molar-refractivity contribution in [2.24, 2.45) is 0 Å². The number of hydrogen-bond donors (Lipinski definition) is 1. The number of ether oxygens (including phenoxy) is 9. The summed E-state index contributed by atoms with van der Waals surface area (Å²) in [6.45, 7) is 9.55. The van der Waals surface area contributed by atoms with E-state index in [4.69, 9.17) is 54.2 Å². The van der Waals surface area contributed by atoms with Gasteiger partial charge in [-0.25, -0.2) is 8.42 Å². The molecule has 0 aliphatic carbocycles. The zero-order valence-corrected chi connectivity index (χ0v) is 55.6. The second kappa shape index (κ2) is 40.8. The average Bonchev–Trinajstić information content (AvgIpc) is 0.755. The van der Waals surface area contributed by atoms with Crippen LogP contribution in [0, 0.1) is 11.3 Å². The zero-order chi connectivity index (χ0) is 64.7. The largest absolute Gasteiger partial charge is 3.00 e. The standard InChI is InChI=1S/C58H82ClF3N8O18S.In/c1-57(2)7-9-70(49-6-4-3-5-47(49)57)89(78,79)51-36-45(46-39-65-52(58(60,61)62)35-44(46)38-63)48(59)37-50(51)88-34-33-87-32-31-86-30-29-85-28-27-84-26-25-83-24-23-82-22-21-81-20-19-80-18-8-64-53(71)40-66-10-12-67(41-54(72)73)14-16-69(43-56(76)77)17-15-68(13-11-66)42-55(74)75;/h3-6,35-37,39H,7-34,40-43H2,1-2H3,(H,64,71)(H,72,73)(H,74,75)(H,76,77);/q;+3/p-3. The Labute approximate surface area is 546 Å². The molecular weight excluding hydrogens is 1340 g/mol. The van der Waals surface area contributed by atoms with Crippen molar-refractivity contribution in [2.75, 3.05) is 208 Å². The van der Waals surface area contributed by atoms with Crippen LogP contribution in [0.1, 0.15) is 37.1 Å². The molecule has 1 aromatic heterocycles. The Balaban J connectivity index is 0.0000173. The number of amides is 1. The van der Waals surface area contributed by atoms with E-state index in [1.54, 1.807) is 37.8 Å². The molecule has 0 radical (unpaired) electrons. The van der Waals surface area contributed by atoms with Gasteiger partial charge >= 0.3 is 32.0 Å². The number of benzene rings is 2. The molecule has 3 heterocycles. The van der Waals surface area contributed by atoms with Gasteiger partial charge in [0.25, 0.3) is 10.0 Å². The second-order valence-electron chi connectivity index (χ2n) is 21.0. The van der Waals surface area contributed by atoms with E-state index in [0.29, 0.717) is 84.2 Å². The molecule has 496 valence electrons. The van der Waals surface area contributed by atoms with Gasteiger partial charge in [0.15, 0.2) is 0 Å². The van der Waals surface area contributed by atoms with E-state index >= 15 is 0 Å². The average molecular weight is 1420 g/mol. The Morgan fingerprint density at radius 2 is 1.03 bits per heavy atom. The Bertz CT molecular complexity index is 2840. The maximum atomic E-state index is 14.6. The summed E-state index contributed by atoms with van der Waals surface area (Å²) in [4.78, 5) is 56.6. The molecule has 0 saturated carbocycles. The van der Waals surface area contributed by atoms with Crippen LogP contribution in [-0.2, 0) is 78.7 Å². The maximum Gasteiger partial charge on any atom is 3.00 e. The first-order chi connectivity index (χ1) is 42.6. The van der Waals surface area contributed by atoms with Crippen LogP contribution in [0.15, 0.2) is 53.6 Å². The number of aromatic nitrogens is 1. The summed E-state index contributed by atoms with van der Waals surface area (Å²) in [6, 6.07) is 11.9. The third-order valence-electron chi connectivity index (χ3n) is 14.1. The molecule has 32 heteroatoms. The third-order valence-corrected chi connectivity index (χ3v) is 16.2. The number of anilines is 1. The van der Waals surface area contributed by atoms with Crippen LogP contribution < -0.4 is 29.7 Å². The minimum absolute atomic E-state index is 0. The summed E-state index contributed by atoms with van der Waals surface area (Å²) in [5.41, 5.74) is -0.870. The number of carboxylic acids is 3. The van der Waals surface area contributed by atoms with Crippen LogP contribution in [0.5, 0.6) is 5.75 Å². The SMILES string of the molecule is CC1(C)CCN(S(=O)(=O)c2cc(-c3cnc(C(F)(F)F)cc3C#N)c(Cl)cc2OCCOCCOCCOCCOCCOCCOCCOCCOCCNC(=O)CN2CCN(CC(=O)[O-])CCN(CC(=O)[O-])CCN(CC(=O)[O-])CC2)c2ccccc21.[In+3]. The van der Waals surface area contributed by atoms with Gasteiger partial charge in [-0.05, 0) is 35.6 Å². The van der Waals surface area contributed by atoms with Crippen LogP contribution >= 0.6 is 11.6 Å². The number of carbonyl (C=O) groups is 4. The van der Waals surface area contributed by atoms with Crippen molar-refractivity contribution < 1.29 is 98.7 Å². The molecule has 0 bridgehead atoms. The number of halogens is 4. The molecule has 3 aromatic rings. The number of carboxylic acid groups (broad SMARTS) is 3. The van der Waals surface area contributed by atoms with Crippen LogP contribution in [-0.4, -0.2) is 287 Å². The molecule has 1 amide bonds. The molecule has 1 fully saturated rings. The summed E-state index contributed by atoms with van der Waals surface area (Å²) in [6.07, 6.45) is -3.49. The maximum absolute atomic E-state index is 14.6. The van der Waals surface area contributed by atoms with Crippen molar-refractivity contribution in [1.29, 1.82) is 5.26 Å². The van der Waals surface area contributed by atoms with Crippen molar-refractivity contribution in [2.45, 2.75) is 36.8 Å². The number of nitrogens with zero attached hydrogens (tertiary/aromatic N) is 7. The Kier molecular flexibility index (Phi) is 35.1. The van der Waals surface area contributed by atoms with E-state index in [2.05, 4.69) is 10.3 Å². The number of sulfonamides is 1. The number of nitriles is 1. The topological polar surface area (TPSA) is 320 Å². The molecule has 1 N–H and O–H groups in total. The van der Waals surface area contributed by atoms with Crippen molar-refractivity contribution >= 4 is 77.0 Å². The van der Waals surface area contributed by atoms with E-state index in [-0.39, 0.29) is 195 Å². The van der Waals surface area contributed by atoms with Crippen molar-refractivity contribution in [3.05, 3.63) is 70.5 Å². The van der Waals surface area contributed by atoms with Crippen LogP contribution in [0.25, 0.3) is 11.1 Å². The van der Waals surface area contributed by atoms with Gasteiger partial charge in [0, 0.05) is 108 Å². The van der Waals surface area contributed by atoms with Crippen molar-refractivity contribution in [1.82, 2.24) is 29.9 Å². The fourth-order valence-electron chi connectivity index (χ4n) is 9.37. The molecule has 5 rings (SSSR count). The number of alkyl halides is 3. The molecule has 2 aliphatic rings. The number of aliphatic carboxylic acids is 3. The normalized spacial score (nSPS) is 15.6. The van der Waals surface area contributed by atoms with Crippen LogP contribution in [0.4, 0.5) is 18.9 Å². The van der Waals surface area contributed by atoms with Crippen LogP contribution in [0.2, 0.25) is 5.02 Å². The summed E-state index contributed by atoms with van der Waals surface area (Å²) in [7, 11) is -4.40. The van der Waals surface area contributed by atoms with Gasteiger partial charge < -0.3 is 77.7 Å². The molecule has 0 atom stereocenters. The van der Waals surface area contributed by atoms with Gasteiger partial charge in [-0.1, -0.05) is 43.6 Å². The predicted molar refractivity (Wildman–Crippen MR) is 315 cm³/mol. The van der Waals surface area contributed by atoms with Gasteiger partial charge in [-0.3, -0.25) is 33.7 Å². The monoisotopic (exact) mass is 1410 g/mol. The zero-order valence-electron chi connectivity index (χ0n) is 50.7. The number of nitrogens with one attached hydrogen (secondary N) is 1. The molecule has 2 aromatic carbocycles. The number of para-hydroxylation sites is 1. The minimum atomic E-state index is -4.83. The second-order valence-corrected chi connectivity index (χ2v) is 23.3. The van der Waals surface area contributed by atoms with Gasteiger partial charge in [0.1, 0.15) is 22.9 Å². The fourth-order valence-corrected chi connectivity index (χ4v) is 11.3. The third kappa shape index (κ3) is 27.7. The van der Waals surface area contributed by atoms with Gasteiger partial charge in [-0.2, -0.15) is 18.4 Å². The van der Waals surface area contributed by atoms with E-state index in [1.807, 2.05) is 26.0 Å². The number of fused-ring (bicyclic) bond motifs is 1. The first kappa shape index (κ1) is 77.4. The van der Waals surface area contributed by atoms with Gasteiger partial charge in [0.2, 0.25) is 5.91 Å². The molecule has 1 saturated heterocycles. The molecule has 2 aliphatic heterocycles. The molecule has 26 nitrogen and oxygen atoms in total. The summed E-state index contributed by atoms with van der Waals surface area (Å²) in [5.74, 6) is -4.34. The number of pyridine rings is 1. The fraction of sp³-hybridized carbons (Fsp3) is 0.621. The Morgan fingerprint density at radius 1 is 0.622 bits per heavy atom. The van der Waals surface area contributed by atoms with E-state index in [1.165, 1.54) is 16.4 Å². The number of carbonyl (C=O) groups excluding carboxylic acids is 4. The van der Waals surface area contributed by atoms with Crippen LogP contribution in [0.3, 0.4) is 0 Å². The summed E-state index contributed by atoms with van der Waals surface area (Å²) in [5, 5.41) is 46.6. The van der Waals surface area contributed by atoms with E-state index < -0.39 is 51.9 Å². The van der Waals surface area contributed by atoms with Gasteiger partial charge in [0.05, 0.1) is 153 Å². The molecule has 0 unspecified atom stereocenters. The first-order valence-electron chi connectivity index (χ1n) is 29.0. The minimum Gasteiger partial charge on any atom is -0.549 e. The van der Waals surface area contributed by atoms with Gasteiger partial charge in [-0.15, -0.1) is 0 Å². The van der Waals surface area contributed by atoms with E-state index in [0.717, 1.165) is 11.8 Å². The predicted octanol–water partition coefficient (Wildman–Crippen LogP) is -1.11.